The van der Waals surface area contributed by atoms with E-state index in [9.17, 15) is 8.78 Å². The van der Waals surface area contributed by atoms with Crippen molar-refractivity contribution in [3.05, 3.63) is 305 Å². The quantitative estimate of drug-likeness (QED) is 0.0827. The molecule has 0 radical (unpaired) electrons. The molecule has 0 unspecified atom stereocenters. The van der Waals surface area contributed by atoms with Gasteiger partial charge in [-0.05, 0) is 147 Å². The molecule has 6 nitrogen and oxygen atoms in total. The molecule has 0 bridgehead atoms. The molecular formula is C66H59Cl5F2N6S. The van der Waals surface area contributed by atoms with Crippen LogP contribution in [0.2, 0.25) is 25.1 Å². The van der Waals surface area contributed by atoms with Crippen LogP contribution < -0.4 is 26.6 Å². The molecule has 5 aliphatic heterocycles. The molecule has 5 aliphatic rings. The molecule has 0 spiro atoms. The number of hydrogen-bond acceptors (Lipinski definition) is 6. The molecule has 5 heterocycles. The monoisotopic (exact) mass is 1180 g/mol. The zero-order valence-corrected chi connectivity index (χ0v) is 48.5. The lowest BCUT2D eigenvalue weighted by molar-refractivity contribution is 0.613. The fourth-order valence-corrected chi connectivity index (χ4v) is 10.4. The van der Waals surface area contributed by atoms with Crippen molar-refractivity contribution in [3.63, 3.8) is 0 Å². The molecule has 0 aliphatic carbocycles. The van der Waals surface area contributed by atoms with Gasteiger partial charge in [0.2, 0.25) is 0 Å². The SMILES string of the molecule is C=C1CC(Cc2c(Cl)cccc2Cl)=CN1.C=C1CC(Cc2cccc(Cl)c2F)=CN1.C=C1CC(Cc2ccccc2-c2ccc(C#N)cc2)=CN1.C=C1CC(Cc2ccccc2F)=CN1.S=C1CC(Cc2ccc(Cl)cc2Cl)=CN1. The van der Waals surface area contributed by atoms with E-state index < -0.39 is 0 Å². The summed E-state index contributed by atoms with van der Waals surface area (Å²) < 4.78 is 26.8. The largest absolute Gasteiger partial charge is 0.365 e. The van der Waals surface area contributed by atoms with E-state index in [0.717, 1.165) is 117 Å². The van der Waals surface area contributed by atoms with E-state index in [1.165, 1.54) is 39.5 Å². The summed E-state index contributed by atoms with van der Waals surface area (Å²) in [6.45, 7) is 15.4. The summed E-state index contributed by atoms with van der Waals surface area (Å²) >= 11 is 34.8. The zero-order valence-electron chi connectivity index (χ0n) is 43.9. The van der Waals surface area contributed by atoms with Gasteiger partial charge >= 0.3 is 0 Å². The minimum Gasteiger partial charge on any atom is -0.365 e. The van der Waals surface area contributed by atoms with Gasteiger partial charge in [0.25, 0.3) is 0 Å². The Hall–Kier alpha value is -7.13. The summed E-state index contributed by atoms with van der Waals surface area (Å²) in [5.41, 5.74) is 18.0. The van der Waals surface area contributed by atoms with E-state index in [0.29, 0.717) is 34.0 Å². The maximum atomic E-state index is 13.6. The highest BCUT2D eigenvalue weighted by atomic mass is 35.5. The van der Waals surface area contributed by atoms with Crippen LogP contribution in [0.15, 0.2) is 235 Å². The van der Waals surface area contributed by atoms with Crippen molar-refractivity contribution in [2.45, 2.75) is 64.2 Å². The molecule has 0 saturated carbocycles. The van der Waals surface area contributed by atoms with Crippen molar-refractivity contribution < 1.29 is 8.78 Å². The average Bonchev–Trinajstić information content (AvgIpc) is 4.32. The van der Waals surface area contributed by atoms with Crippen molar-refractivity contribution in [1.29, 1.82) is 5.26 Å². The maximum absolute atomic E-state index is 13.6. The summed E-state index contributed by atoms with van der Waals surface area (Å²) in [5.74, 6) is -0.455. The molecule has 6 aromatic carbocycles. The second-order valence-electron chi connectivity index (χ2n) is 19.4. The number of benzene rings is 6. The van der Waals surface area contributed by atoms with Crippen LogP contribution in [0.1, 0.15) is 65.5 Å². The summed E-state index contributed by atoms with van der Waals surface area (Å²) in [6, 6.07) is 41.4. The van der Waals surface area contributed by atoms with Gasteiger partial charge in [-0.25, -0.2) is 8.78 Å². The number of thiocarbonyl (C=S) groups is 1. The molecule has 0 amide bonds. The normalized spacial score (nSPS) is 14.7. The minimum atomic E-state index is -0.322. The molecule has 0 atom stereocenters. The van der Waals surface area contributed by atoms with Crippen LogP contribution in [0.3, 0.4) is 0 Å². The number of nitriles is 1. The van der Waals surface area contributed by atoms with Crippen LogP contribution in [0, 0.1) is 23.0 Å². The topological polar surface area (TPSA) is 83.9 Å². The van der Waals surface area contributed by atoms with Crippen molar-refractivity contribution in [3.8, 4) is 17.2 Å². The van der Waals surface area contributed by atoms with Gasteiger partial charge in [-0.2, -0.15) is 5.26 Å². The standard InChI is InChI=1S/C19H16N2.C12H11Cl2N.C12H11ClFN.C12H12FN.C11H9Cl2NS/c1-14-10-16(13-21-14)11-18-4-2-3-5-19(18)17-8-6-15(12-20)7-9-17;1-8-5-9(7-15-8)6-10-11(13)3-2-4-12(10)14;1-8-5-9(7-15-8)6-10-3-2-4-11(13)12(10)14;1-9-6-10(8-14-9)7-11-4-2-3-5-12(11)13;12-9-2-1-8(10(13)5-9)3-7-4-11(15)14-6-7/h2-9,13,21H,1,10-11H2;2*2-4,7,15H,1,5-6H2;2-5,8,14H,1,6-7H2;1-2,5-6H,3-4H2,(H,14,15). The Morgan fingerprint density at radius 3 is 1.41 bits per heavy atom. The highest BCUT2D eigenvalue weighted by Crippen LogP contribution is 2.31. The summed E-state index contributed by atoms with van der Waals surface area (Å²) in [7, 11) is 0. The van der Waals surface area contributed by atoms with E-state index in [1.807, 2.05) is 91.5 Å². The first-order valence-electron chi connectivity index (χ1n) is 25.6. The number of allylic oxidation sites excluding steroid dienone is 4. The zero-order chi connectivity index (χ0) is 57.1. The molecule has 0 fully saturated rings. The maximum Gasteiger partial charge on any atom is 0.145 e. The second-order valence-corrected chi connectivity index (χ2v) is 22.0. The lowest BCUT2D eigenvalue weighted by Crippen LogP contribution is -2.05. The number of hydrogen-bond donors (Lipinski definition) is 5. The molecule has 14 heteroatoms. The highest BCUT2D eigenvalue weighted by Gasteiger charge is 2.16. The molecule has 80 heavy (non-hydrogen) atoms. The Bertz CT molecular complexity index is 3500. The lowest BCUT2D eigenvalue weighted by atomic mass is 9.94. The molecule has 6 aromatic rings. The van der Waals surface area contributed by atoms with Crippen LogP contribution in [0.4, 0.5) is 8.78 Å². The molecule has 0 aromatic heterocycles. The molecule has 5 N–H and O–H groups in total. The fraction of sp³-hybridized carbons (Fsp3) is 0.152. The first-order chi connectivity index (χ1) is 38.5. The van der Waals surface area contributed by atoms with Crippen molar-refractivity contribution in [2.75, 3.05) is 0 Å². The van der Waals surface area contributed by atoms with Gasteiger partial charge in [-0.1, -0.05) is 175 Å². The lowest BCUT2D eigenvalue weighted by Gasteiger charge is -2.10. The molecule has 11 rings (SSSR count). The van der Waals surface area contributed by atoms with E-state index in [2.05, 4.69) is 89.4 Å². The van der Waals surface area contributed by atoms with E-state index in [1.54, 1.807) is 30.3 Å². The van der Waals surface area contributed by atoms with E-state index in [4.69, 9.17) is 75.5 Å². The fourth-order valence-electron chi connectivity index (χ4n) is 8.96. The van der Waals surface area contributed by atoms with Gasteiger partial charge in [0, 0.05) is 106 Å². The van der Waals surface area contributed by atoms with Crippen LogP contribution in [0.25, 0.3) is 11.1 Å². The first-order valence-corrected chi connectivity index (χ1v) is 27.9. The first kappa shape index (κ1) is 60.5. The van der Waals surface area contributed by atoms with Crippen LogP contribution in [0.5, 0.6) is 0 Å². The van der Waals surface area contributed by atoms with Gasteiger partial charge in [-0.15, -0.1) is 0 Å². The van der Waals surface area contributed by atoms with E-state index in [-0.39, 0.29) is 16.7 Å². The van der Waals surface area contributed by atoms with Gasteiger partial charge in [0.05, 0.1) is 21.6 Å². The number of halogens is 7. The predicted octanol–water partition coefficient (Wildman–Crippen LogP) is 18.0. The van der Waals surface area contributed by atoms with Gasteiger partial charge < -0.3 is 26.6 Å². The Morgan fingerprint density at radius 1 is 0.450 bits per heavy atom. The third-order valence-electron chi connectivity index (χ3n) is 13.0. The van der Waals surface area contributed by atoms with Crippen LogP contribution in [-0.4, -0.2) is 4.99 Å². The molecular weight excluding hydrogens is 1120 g/mol. The van der Waals surface area contributed by atoms with Gasteiger partial charge in [-0.3, -0.25) is 0 Å². The van der Waals surface area contributed by atoms with Crippen molar-refractivity contribution in [1.82, 2.24) is 26.6 Å². The summed E-state index contributed by atoms with van der Waals surface area (Å²) in [4.78, 5) is 0.870. The number of nitrogens with one attached hydrogen (secondary N) is 5. The van der Waals surface area contributed by atoms with E-state index >= 15 is 0 Å². The predicted molar refractivity (Wildman–Crippen MR) is 334 cm³/mol. The molecule has 408 valence electrons. The third kappa shape index (κ3) is 18.5. The Labute approximate surface area is 499 Å². The Balaban J connectivity index is 0.000000146. The van der Waals surface area contributed by atoms with Crippen LogP contribution in [-0.2, 0) is 32.1 Å². The second kappa shape index (κ2) is 29.9. The highest BCUT2D eigenvalue weighted by molar-refractivity contribution is 7.80. The summed E-state index contributed by atoms with van der Waals surface area (Å²) in [6.07, 6.45) is 17.8. The number of nitrogens with zero attached hydrogens (tertiary/aromatic N) is 1. The van der Waals surface area contributed by atoms with Crippen LogP contribution >= 0.6 is 70.2 Å². The molecule has 0 saturated heterocycles. The average molecular weight is 1180 g/mol. The minimum absolute atomic E-state index is 0.133. The van der Waals surface area contributed by atoms with Gasteiger partial charge in [0.15, 0.2) is 0 Å². The third-order valence-corrected chi connectivity index (χ3v) is 14.8. The Morgan fingerprint density at radius 2 is 0.900 bits per heavy atom. The Kier molecular flexibility index (Phi) is 22.6. The number of rotatable bonds is 11. The van der Waals surface area contributed by atoms with Gasteiger partial charge in [0.1, 0.15) is 11.6 Å². The smallest absolute Gasteiger partial charge is 0.145 e. The summed E-state index contributed by atoms with van der Waals surface area (Å²) in [5, 5.41) is 27.2. The van der Waals surface area contributed by atoms with Crippen molar-refractivity contribution in [2.24, 2.45) is 0 Å². The van der Waals surface area contributed by atoms with Crippen molar-refractivity contribution >= 4 is 75.2 Å².